The van der Waals surface area contributed by atoms with Crippen LogP contribution in [0, 0.1) is 0 Å². The van der Waals surface area contributed by atoms with Gasteiger partial charge in [-0.3, -0.25) is 0 Å². The van der Waals surface area contributed by atoms with Gasteiger partial charge in [-0.15, -0.1) is 0 Å². The predicted molar refractivity (Wildman–Crippen MR) is 97.2 cm³/mol. The summed E-state index contributed by atoms with van der Waals surface area (Å²) in [7, 11) is 0. The van der Waals surface area contributed by atoms with Gasteiger partial charge >= 0.3 is 145 Å². The molecule has 0 spiro atoms. The van der Waals surface area contributed by atoms with Crippen molar-refractivity contribution >= 4 is 19.6 Å². The van der Waals surface area contributed by atoms with Gasteiger partial charge in [-0.05, 0) is 0 Å². The standard InChI is InChI=1S/3C5H11O.C3H7.Sn/c3*1-4-5(2,3)6;1-3-2;/h3*4H2,1-3H3;1,3H2,2H3;/q3*-1;;+3. The average Bonchev–Trinajstić information content (AvgIpc) is 2.37. The summed E-state index contributed by atoms with van der Waals surface area (Å²) in [6.07, 6.45) is 3.92. The molecule has 0 atom stereocenters. The van der Waals surface area contributed by atoms with E-state index in [0.29, 0.717) is 0 Å². The Morgan fingerprint density at radius 2 is 0.864 bits per heavy atom. The Morgan fingerprint density at radius 1 is 0.591 bits per heavy atom. The zero-order chi connectivity index (χ0) is 17.7. The van der Waals surface area contributed by atoms with Crippen LogP contribution in [0.3, 0.4) is 0 Å². The molecule has 0 unspecified atom stereocenters. The van der Waals surface area contributed by atoms with Crippen LogP contribution in [0.15, 0.2) is 0 Å². The molecule has 0 aliphatic heterocycles. The second kappa shape index (κ2) is 8.68. The Balaban J connectivity index is 5.63. The van der Waals surface area contributed by atoms with Gasteiger partial charge in [0.15, 0.2) is 0 Å². The molecular formula is C18H40O3Sn. The van der Waals surface area contributed by atoms with E-state index in [2.05, 4.69) is 69.2 Å². The fourth-order valence-electron chi connectivity index (χ4n) is 2.00. The van der Waals surface area contributed by atoms with E-state index in [1.165, 1.54) is 0 Å². The Labute approximate surface area is 145 Å². The van der Waals surface area contributed by atoms with Crippen LogP contribution in [0.4, 0.5) is 0 Å². The van der Waals surface area contributed by atoms with Crippen LogP contribution >= 0.6 is 0 Å². The molecular weight excluding hydrogens is 383 g/mol. The van der Waals surface area contributed by atoms with Crippen molar-refractivity contribution < 1.29 is 9.22 Å². The van der Waals surface area contributed by atoms with Gasteiger partial charge in [0.1, 0.15) is 0 Å². The minimum atomic E-state index is -3.67. The summed E-state index contributed by atoms with van der Waals surface area (Å²) in [6.45, 7) is 21.6. The molecule has 0 aromatic carbocycles. The van der Waals surface area contributed by atoms with E-state index >= 15 is 0 Å². The predicted octanol–water partition coefficient (Wildman–Crippen LogP) is 5.95. The van der Waals surface area contributed by atoms with Crippen LogP contribution in [-0.2, 0) is 9.22 Å². The monoisotopic (exact) mass is 424 g/mol. The second-order valence-electron chi connectivity index (χ2n) is 8.08. The van der Waals surface area contributed by atoms with Crippen molar-refractivity contribution in [1.29, 1.82) is 0 Å². The first-order valence-electron chi connectivity index (χ1n) is 8.97. The van der Waals surface area contributed by atoms with Crippen molar-refractivity contribution in [3.8, 4) is 0 Å². The summed E-state index contributed by atoms with van der Waals surface area (Å²) in [5, 5.41) is 0. The zero-order valence-corrected chi connectivity index (χ0v) is 19.6. The van der Waals surface area contributed by atoms with Crippen LogP contribution < -0.4 is 0 Å². The third-order valence-corrected chi connectivity index (χ3v) is 15.0. The third-order valence-electron chi connectivity index (χ3n) is 4.41. The Hall–Kier alpha value is 0.679. The third kappa shape index (κ3) is 7.98. The molecule has 0 aliphatic rings. The maximum atomic E-state index is 6.66. The molecule has 0 aliphatic carbocycles. The van der Waals surface area contributed by atoms with Gasteiger partial charge in [0.25, 0.3) is 0 Å². The summed E-state index contributed by atoms with van der Waals surface area (Å²) < 4.78 is 20.9. The number of rotatable bonds is 11. The molecule has 0 radical (unpaired) electrons. The first-order chi connectivity index (χ1) is 9.86. The average molecular weight is 423 g/mol. The molecule has 0 heterocycles. The molecule has 3 nitrogen and oxygen atoms in total. The van der Waals surface area contributed by atoms with Gasteiger partial charge in [-0.2, -0.15) is 0 Å². The molecule has 0 rings (SSSR count). The topological polar surface area (TPSA) is 27.7 Å². The molecule has 0 aromatic rings. The van der Waals surface area contributed by atoms with E-state index in [9.17, 15) is 0 Å². The van der Waals surface area contributed by atoms with Crippen molar-refractivity contribution in [1.82, 2.24) is 0 Å². The van der Waals surface area contributed by atoms with Crippen LogP contribution in [0.25, 0.3) is 0 Å². The first kappa shape index (κ1) is 22.7. The van der Waals surface area contributed by atoms with E-state index in [1.54, 1.807) is 0 Å². The molecule has 0 bridgehead atoms. The molecule has 4 heteroatoms. The Kier molecular flexibility index (Phi) is 8.95. The van der Waals surface area contributed by atoms with Crippen LogP contribution in [0.1, 0.15) is 94.9 Å². The van der Waals surface area contributed by atoms with Gasteiger partial charge in [-0.1, -0.05) is 0 Å². The molecule has 22 heavy (non-hydrogen) atoms. The summed E-state index contributed by atoms with van der Waals surface area (Å²) in [4.78, 5) is 0. The molecule has 0 aromatic heterocycles. The van der Waals surface area contributed by atoms with Gasteiger partial charge < -0.3 is 0 Å². The van der Waals surface area contributed by atoms with Gasteiger partial charge in [0, 0.05) is 0 Å². The molecule has 0 N–H and O–H groups in total. The van der Waals surface area contributed by atoms with Crippen molar-refractivity contribution in [2.24, 2.45) is 0 Å². The maximum absolute atomic E-state index is 6.66. The van der Waals surface area contributed by atoms with Gasteiger partial charge in [0.05, 0.1) is 0 Å². The van der Waals surface area contributed by atoms with Crippen molar-refractivity contribution in [2.45, 2.75) is 116 Å². The Morgan fingerprint density at radius 3 is 1.05 bits per heavy atom. The van der Waals surface area contributed by atoms with E-state index in [4.69, 9.17) is 9.22 Å². The first-order valence-corrected chi connectivity index (χ1v) is 14.5. The van der Waals surface area contributed by atoms with E-state index in [-0.39, 0.29) is 16.8 Å². The summed E-state index contributed by atoms with van der Waals surface area (Å²) in [5.74, 6) is 0. The normalized spacial score (nSPS) is 14.5. The second-order valence-corrected chi connectivity index (χ2v) is 15.2. The molecule has 0 fully saturated rings. The Bertz CT molecular complexity index is 279. The van der Waals surface area contributed by atoms with Crippen LogP contribution in [0.5, 0.6) is 0 Å². The van der Waals surface area contributed by atoms with Crippen molar-refractivity contribution in [2.75, 3.05) is 0 Å². The summed E-state index contributed by atoms with van der Waals surface area (Å²) >= 11 is -3.67. The number of hydrogen-bond acceptors (Lipinski definition) is 3. The molecule has 134 valence electrons. The SMILES string of the molecule is CC[CH2][Sn]([O]C(C)(C)CC)([O]C(C)(C)CC)[O]C(C)(C)CC. The summed E-state index contributed by atoms with van der Waals surface area (Å²) in [6, 6.07) is 0. The van der Waals surface area contributed by atoms with Gasteiger partial charge in [-0.25, -0.2) is 0 Å². The summed E-state index contributed by atoms with van der Waals surface area (Å²) in [5.41, 5.74) is -0.587. The van der Waals surface area contributed by atoms with E-state index in [1.807, 2.05) is 0 Å². The fourth-order valence-corrected chi connectivity index (χ4v) is 13.4. The van der Waals surface area contributed by atoms with Crippen LogP contribution in [0.2, 0.25) is 4.44 Å². The quantitative estimate of drug-likeness (QED) is 0.385. The van der Waals surface area contributed by atoms with Gasteiger partial charge in [0.2, 0.25) is 0 Å². The van der Waals surface area contributed by atoms with E-state index in [0.717, 1.165) is 30.1 Å². The molecule has 0 amide bonds. The molecule has 0 saturated heterocycles. The fraction of sp³-hybridized carbons (Fsp3) is 1.00. The van der Waals surface area contributed by atoms with E-state index < -0.39 is 19.6 Å². The number of hydrogen-bond donors (Lipinski definition) is 0. The van der Waals surface area contributed by atoms with Crippen molar-refractivity contribution in [3.63, 3.8) is 0 Å². The molecule has 0 saturated carbocycles. The minimum absolute atomic E-state index is 0.196. The van der Waals surface area contributed by atoms with Crippen molar-refractivity contribution in [3.05, 3.63) is 0 Å². The van der Waals surface area contributed by atoms with Crippen LogP contribution in [-0.4, -0.2) is 36.4 Å². The zero-order valence-electron chi connectivity index (χ0n) is 16.8.